The topological polar surface area (TPSA) is 94.8 Å². The van der Waals surface area contributed by atoms with Crippen LogP contribution in [0.1, 0.15) is 16.7 Å². The summed E-state index contributed by atoms with van der Waals surface area (Å²) in [5, 5.41) is 22.6. The Hall–Kier alpha value is -4.41. The smallest absolute Gasteiger partial charge is 0.270 e. The average Bonchev–Trinajstić information content (AvgIpc) is 3.13. The van der Waals surface area contributed by atoms with E-state index in [0.717, 1.165) is 11.1 Å². The predicted molar refractivity (Wildman–Crippen MR) is 130 cm³/mol. The molecule has 3 aromatic carbocycles. The molecule has 0 aliphatic heterocycles. The molecule has 0 atom stereocenters. The van der Waals surface area contributed by atoms with Crippen molar-refractivity contribution >= 4 is 28.0 Å². The first-order valence-corrected chi connectivity index (χ1v) is 10.3. The minimum atomic E-state index is -0.456. The Labute approximate surface area is 191 Å². The number of nitrogens with zero attached hydrogens (tertiary/aromatic N) is 3. The van der Waals surface area contributed by atoms with Crippen molar-refractivity contribution < 1.29 is 10.0 Å². The fourth-order valence-electron chi connectivity index (χ4n) is 3.43. The lowest BCUT2D eigenvalue weighted by Crippen LogP contribution is -2.10. The molecule has 1 aromatic heterocycles. The number of aromatic hydroxyl groups is 1. The van der Waals surface area contributed by atoms with Crippen LogP contribution in [0.5, 0.6) is 5.88 Å². The van der Waals surface area contributed by atoms with Gasteiger partial charge in [-0.15, -0.1) is 0 Å². The van der Waals surface area contributed by atoms with Gasteiger partial charge in [0.25, 0.3) is 5.69 Å². The number of fused-ring (bicyclic) bond motifs is 1. The van der Waals surface area contributed by atoms with Crippen LogP contribution in [0.25, 0.3) is 10.9 Å². The minimum Gasteiger partial charge on any atom is -0.494 e. The molecular formula is C26H22N4O3. The van der Waals surface area contributed by atoms with Gasteiger partial charge in [-0.3, -0.25) is 15.0 Å². The molecule has 0 saturated carbocycles. The third kappa shape index (κ3) is 4.92. The number of non-ortho nitro benzene ring substituents is 1. The van der Waals surface area contributed by atoms with Crippen molar-refractivity contribution in [3.63, 3.8) is 0 Å². The van der Waals surface area contributed by atoms with Gasteiger partial charge >= 0.3 is 0 Å². The summed E-state index contributed by atoms with van der Waals surface area (Å²) in [5.41, 5.74) is 3.77. The lowest BCUT2D eigenvalue weighted by atomic mass is 10.0. The highest BCUT2D eigenvalue weighted by molar-refractivity contribution is 6.22. The summed E-state index contributed by atoms with van der Waals surface area (Å²) in [4.78, 5) is 20.6. The lowest BCUT2D eigenvalue weighted by molar-refractivity contribution is -0.384. The third-order valence-corrected chi connectivity index (χ3v) is 4.99. The van der Waals surface area contributed by atoms with Gasteiger partial charge in [-0.05, 0) is 44.4 Å². The molecule has 7 nitrogen and oxygen atoms in total. The van der Waals surface area contributed by atoms with Crippen LogP contribution in [0.15, 0.2) is 77.8 Å². The number of hydrogen-bond donors (Lipinski definition) is 2. The fraction of sp³-hybridized carbons (Fsp3) is 0.115. The van der Waals surface area contributed by atoms with Gasteiger partial charge in [0.2, 0.25) is 0 Å². The Balaban J connectivity index is 1.83. The van der Waals surface area contributed by atoms with E-state index in [4.69, 9.17) is 4.99 Å². The van der Waals surface area contributed by atoms with Crippen molar-refractivity contribution in [1.29, 1.82) is 0 Å². The molecule has 2 N–H and O–H groups in total. The minimum absolute atomic E-state index is 0.0594. The summed E-state index contributed by atoms with van der Waals surface area (Å²) in [6.45, 7) is 0.671. The van der Waals surface area contributed by atoms with E-state index < -0.39 is 4.92 Å². The first-order valence-electron chi connectivity index (χ1n) is 10.3. The van der Waals surface area contributed by atoms with Crippen LogP contribution < -0.4 is 0 Å². The predicted octanol–water partition coefficient (Wildman–Crippen LogP) is 4.86. The van der Waals surface area contributed by atoms with Gasteiger partial charge in [0.15, 0.2) is 5.88 Å². The van der Waals surface area contributed by atoms with Gasteiger partial charge in [0.1, 0.15) is 0 Å². The van der Waals surface area contributed by atoms with Crippen LogP contribution in [0.4, 0.5) is 11.4 Å². The standard InChI is InChI=1S/C26H22N4O3/c1-29(2)16-6-7-18-10-12-20(13-11-18)27-25(19-8-4-3-5-9-19)24-22-17-21(30(32)33)14-15-23(22)28-26(24)31/h3-5,8-15,17,28,31H,16H2,1-2H3. The molecule has 1 heterocycles. The Morgan fingerprint density at radius 2 is 1.82 bits per heavy atom. The number of nitro groups is 1. The van der Waals surface area contributed by atoms with Crippen LogP contribution in [-0.2, 0) is 0 Å². The summed E-state index contributed by atoms with van der Waals surface area (Å²) in [6, 6.07) is 21.3. The van der Waals surface area contributed by atoms with E-state index in [1.165, 1.54) is 12.1 Å². The number of nitrogens with one attached hydrogen (secondary N) is 1. The monoisotopic (exact) mass is 438 g/mol. The molecule has 0 aliphatic carbocycles. The number of H-pyrrole nitrogens is 1. The molecule has 4 rings (SSSR count). The van der Waals surface area contributed by atoms with Crippen LogP contribution in [-0.4, -0.2) is 46.3 Å². The summed E-state index contributed by atoms with van der Waals surface area (Å²) < 4.78 is 0. The molecule has 4 aromatic rings. The molecule has 0 unspecified atom stereocenters. The zero-order valence-electron chi connectivity index (χ0n) is 18.2. The second kappa shape index (κ2) is 9.39. The second-order valence-electron chi connectivity index (χ2n) is 7.75. The summed E-state index contributed by atoms with van der Waals surface area (Å²) in [6.07, 6.45) is 0. The normalized spacial score (nSPS) is 11.4. The molecule has 33 heavy (non-hydrogen) atoms. The second-order valence-corrected chi connectivity index (χ2v) is 7.75. The number of rotatable bonds is 5. The molecule has 0 spiro atoms. The lowest BCUT2D eigenvalue weighted by Gasteiger charge is -2.08. The first-order chi connectivity index (χ1) is 15.9. The summed E-state index contributed by atoms with van der Waals surface area (Å²) in [5.74, 6) is 6.12. The van der Waals surface area contributed by atoms with Gasteiger partial charge in [0.05, 0.1) is 28.4 Å². The van der Waals surface area contributed by atoms with E-state index in [2.05, 4.69) is 16.8 Å². The van der Waals surface area contributed by atoms with E-state index in [0.29, 0.717) is 34.4 Å². The summed E-state index contributed by atoms with van der Waals surface area (Å²) in [7, 11) is 3.93. The largest absolute Gasteiger partial charge is 0.494 e. The number of nitro benzene ring substituents is 1. The highest BCUT2D eigenvalue weighted by Gasteiger charge is 2.20. The van der Waals surface area contributed by atoms with Gasteiger partial charge in [-0.2, -0.15) is 0 Å². The molecule has 7 heteroatoms. The third-order valence-electron chi connectivity index (χ3n) is 4.99. The van der Waals surface area contributed by atoms with Gasteiger partial charge in [-0.25, -0.2) is 4.99 Å². The van der Waals surface area contributed by atoms with E-state index in [1.54, 1.807) is 6.07 Å². The molecule has 0 fully saturated rings. The van der Waals surface area contributed by atoms with E-state index in [9.17, 15) is 15.2 Å². The van der Waals surface area contributed by atoms with Crippen molar-refractivity contribution in [2.75, 3.05) is 20.6 Å². The van der Waals surface area contributed by atoms with Gasteiger partial charge in [0, 0.05) is 34.2 Å². The maximum Gasteiger partial charge on any atom is 0.270 e. The van der Waals surface area contributed by atoms with E-state index >= 15 is 0 Å². The van der Waals surface area contributed by atoms with E-state index in [-0.39, 0.29) is 11.6 Å². The van der Waals surface area contributed by atoms with Gasteiger partial charge in [-0.1, -0.05) is 42.2 Å². The van der Waals surface area contributed by atoms with Crippen LogP contribution in [0, 0.1) is 22.0 Å². The summed E-state index contributed by atoms with van der Waals surface area (Å²) >= 11 is 0. The molecule has 0 aliphatic rings. The Morgan fingerprint density at radius 3 is 2.48 bits per heavy atom. The van der Waals surface area contributed by atoms with Crippen molar-refractivity contribution in [2.24, 2.45) is 4.99 Å². The van der Waals surface area contributed by atoms with Crippen LogP contribution >= 0.6 is 0 Å². The Kier molecular flexibility index (Phi) is 6.20. The molecule has 0 bridgehead atoms. The molecule has 0 amide bonds. The first kappa shape index (κ1) is 21.8. The highest BCUT2D eigenvalue weighted by atomic mass is 16.6. The Bertz CT molecular complexity index is 1390. The number of aliphatic imine (C=N–C) groups is 1. The van der Waals surface area contributed by atoms with Gasteiger partial charge < -0.3 is 10.1 Å². The van der Waals surface area contributed by atoms with Crippen molar-refractivity contribution in [3.8, 4) is 17.7 Å². The molecule has 164 valence electrons. The number of benzene rings is 3. The van der Waals surface area contributed by atoms with Crippen molar-refractivity contribution in [3.05, 3.63) is 99.6 Å². The zero-order valence-corrected chi connectivity index (χ0v) is 18.2. The van der Waals surface area contributed by atoms with Crippen LogP contribution in [0.3, 0.4) is 0 Å². The van der Waals surface area contributed by atoms with Crippen molar-refractivity contribution in [1.82, 2.24) is 9.88 Å². The maximum atomic E-state index is 11.3. The number of hydrogen-bond acceptors (Lipinski definition) is 5. The van der Waals surface area contributed by atoms with Crippen molar-refractivity contribution in [2.45, 2.75) is 0 Å². The quantitative estimate of drug-likeness (QED) is 0.201. The SMILES string of the molecule is CN(C)CC#Cc1ccc(N=C(c2ccccc2)c2c(O)[nH]c3ccc([N+](=O)[O-])cc23)cc1. The molecular weight excluding hydrogens is 416 g/mol. The van der Waals surface area contributed by atoms with E-state index in [1.807, 2.05) is 73.6 Å². The zero-order chi connectivity index (χ0) is 23.4. The molecule has 0 saturated heterocycles. The maximum absolute atomic E-state index is 11.3. The Morgan fingerprint density at radius 1 is 1.09 bits per heavy atom. The highest BCUT2D eigenvalue weighted by Crippen LogP contribution is 2.33. The average molecular weight is 438 g/mol. The number of aromatic amines is 1. The fourth-order valence-corrected chi connectivity index (χ4v) is 3.43. The molecule has 0 radical (unpaired) electrons. The van der Waals surface area contributed by atoms with Crippen LogP contribution in [0.2, 0.25) is 0 Å². The number of aromatic nitrogens is 1.